The quantitative estimate of drug-likeness (QED) is 0.831. The van der Waals surface area contributed by atoms with Crippen LogP contribution in [0, 0.1) is 12.3 Å². The molecule has 1 N–H and O–H groups in total. The summed E-state index contributed by atoms with van der Waals surface area (Å²) in [5.74, 6) is 1.88. The van der Waals surface area contributed by atoms with E-state index in [1.165, 1.54) is 0 Å². The topological polar surface area (TPSA) is 91.4 Å². The van der Waals surface area contributed by atoms with E-state index in [1.54, 1.807) is 0 Å². The summed E-state index contributed by atoms with van der Waals surface area (Å²) in [6.45, 7) is 5.72. The average Bonchev–Trinajstić information content (AvgIpc) is 3.37. The highest BCUT2D eigenvalue weighted by molar-refractivity contribution is 5.80. The number of carbonyl (C=O) groups excluding carboxylic acids is 2. The van der Waals surface area contributed by atoms with Crippen molar-refractivity contribution in [1.82, 2.24) is 25.0 Å². The molecule has 27 heavy (non-hydrogen) atoms. The van der Waals surface area contributed by atoms with E-state index in [9.17, 15) is 9.59 Å². The highest BCUT2D eigenvalue weighted by Crippen LogP contribution is 2.41. The van der Waals surface area contributed by atoms with E-state index in [4.69, 9.17) is 4.74 Å². The fraction of sp³-hybridized carbons (Fsp3) is 0.789. The summed E-state index contributed by atoms with van der Waals surface area (Å²) >= 11 is 0. The number of hydrogen-bond acceptors (Lipinski definition) is 5. The van der Waals surface area contributed by atoms with Gasteiger partial charge in [0.1, 0.15) is 5.82 Å². The van der Waals surface area contributed by atoms with Crippen molar-refractivity contribution >= 4 is 11.8 Å². The maximum atomic E-state index is 12.5. The summed E-state index contributed by atoms with van der Waals surface area (Å²) in [5, 5.41) is 6.90. The molecule has 1 aromatic heterocycles. The first kappa shape index (κ1) is 18.4. The van der Waals surface area contributed by atoms with Crippen LogP contribution < -0.4 is 0 Å². The molecule has 0 bridgehead atoms. The van der Waals surface area contributed by atoms with Crippen molar-refractivity contribution in [3.05, 3.63) is 11.6 Å². The number of nitrogens with one attached hydrogen (secondary N) is 1. The highest BCUT2D eigenvalue weighted by atomic mass is 16.5. The van der Waals surface area contributed by atoms with Gasteiger partial charge in [-0.05, 0) is 32.6 Å². The van der Waals surface area contributed by atoms with Gasteiger partial charge in [0.2, 0.25) is 11.8 Å². The van der Waals surface area contributed by atoms with E-state index in [0.29, 0.717) is 25.1 Å². The van der Waals surface area contributed by atoms with E-state index in [0.717, 1.165) is 64.3 Å². The summed E-state index contributed by atoms with van der Waals surface area (Å²) < 4.78 is 5.69. The van der Waals surface area contributed by atoms with Gasteiger partial charge in [-0.15, -0.1) is 0 Å². The first-order valence-electron chi connectivity index (χ1n) is 10.1. The Hall–Kier alpha value is -1.96. The molecule has 148 valence electrons. The second kappa shape index (κ2) is 7.58. The smallest absolute Gasteiger partial charge is 0.223 e. The number of amides is 2. The number of rotatable bonds is 5. The second-order valence-electron chi connectivity index (χ2n) is 8.30. The fourth-order valence-electron chi connectivity index (χ4n) is 4.63. The van der Waals surface area contributed by atoms with Crippen molar-refractivity contribution in [1.29, 1.82) is 0 Å². The largest absolute Gasteiger partial charge is 0.376 e. The summed E-state index contributed by atoms with van der Waals surface area (Å²) in [6, 6.07) is 0. The van der Waals surface area contributed by atoms with E-state index in [2.05, 4.69) is 15.2 Å². The molecule has 0 aromatic carbocycles. The Kier molecular flexibility index (Phi) is 5.16. The van der Waals surface area contributed by atoms with Gasteiger partial charge in [-0.2, -0.15) is 5.10 Å². The Balaban J connectivity index is 1.25. The van der Waals surface area contributed by atoms with Crippen molar-refractivity contribution in [3.8, 4) is 0 Å². The van der Waals surface area contributed by atoms with Crippen LogP contribution in [0.4, 0.5) is 0 Å². The summed E-state index contributed by atoms with van der Waals surface area (Å²) in [5.41, 5.74) is 0.0489. The van der Waals surface area contributed by atoms with E-state index in [1.807, 2.05) is 16.7 Å². The van der Waals surface area contributed by atoms with Gasteiger partial charge in [-0.1, -0.05) is 0 Å². The van der Waals surface area contributed by atoms with E-state index in [-0.39, 0.29) is 23.3 Å². The molecule has 8 heteroatoms. The van der Waals surface area contributed by atoms with Crippen LogP contribution in [0.25, 0.3) is 0 Å². The van der Waals surface area contributed by atoms with Crippen molar-refractivity contribution in [2.75, 3.05) is 32.8 Å². The molecule has 8 nitrogen and oxygen atoms in total. The van der Waals surface area contributed by atoms with Gasteiger partial charge in [-0.3, -0.25) is 14.7 Å². The standard InChI is InChI=1S/C19H29N5O3/c1-14-20-16(22-21-14)4-5-17(25)23-8-6-19(7-9-23)11-18(26)24(13-19)12-15-3-2-10-27-15/h15H,2-13H2,1H3,(H,20,21,22)/t15-/m1/s1. The van der Waals surface area contributed by atoms with Gasteiger partial charge >= 0.3 is 0 Å². The predicted octanol–water partition coefficient (Wildman–Crippen LogP) is 1.07. The lowest BCUT2D eigenvalue weighted by molar-refractivity contribution is -0.133. The average molecular weight is 375 g/mol. The van der Waals surface area contributed by atoms with Crippen LogP contribution in [-0.4, -0.2) is 75.7 Å². The monoisotopic (exact) mass is 375 g/mol. The Morgan fingerprint density at radius 2 is 2.19 bits per heavy atom. The zero-order valence-corrected chi connectivity index (χ0v) is 16.1. The number of aryl methyl sites for hydroxylation is 2. The van der Waals surface area contributed by atoms with Crippen molar-refractivity contribution in [3.63, 3.8) is 0 Å². The highest BCUT2D eigenvalue weighted by Gasteiger charge is 2.45. The molecule has 4 rings (SSSR count). The molecular formula is C19H29N5O3. The number of H-pyrrole nitrogens is 1. The van der Waals surface area contributed by atoms with Crippen molar-refractivity contribution < 1.29 is 14.3 Å². The molecule has 1 aromatic rings. The molecule has 3 aliphatic rings. The second-order valence-corrected chi connectivity index (χ2v) is 8.30. The van der Waals surface area contributed by atoms with Gasteiger partial charge in [0, 0.05) is 57.5 Å². The van der Waals surface area contributed by atoms with E-state index < -0.39 is 0 Å². The number of hydrogen-bond donors (Lipinski definition) is 1. The zero-order chi connectivity index (χ0) is 18.9. The molecule has 3 fully saturated rings. The molecule has 3 aliphatic heterocycles. The van der Waals surface area contributed by atoms with Crippen LogP contribution in [0.2, 0.25) is 0 Å². The molecular weight excluding hydrogens is 346 g/mol. The normalized spacial score (nSPS) is 24.9. The van der Waals surface area contributed by atoms with E-state index >= 15 is 0 Å². The van der Waals surface area contributed by atoms with Crippen LogP contribution in [0.5, 0.6) is 0 Å². The summed E-state index contributed by atoms with van der Waals surface area (Å²) in [6.07, 6.45) is 5.82. The molecule has 0 aliphatic carbocycles. The van der Waals surface area contributed by atoms with Crippen LogP contribution in [0.3, 0.4) is 0 Å². The van der Waals surface area contributed by atoms with Gasteiger partial charge < -0.3 is 14.5 Å². The third kappa shape index (κ3) is 4.15. The van der Waals surface area contributed by atoms with Gasteiger partial charge in [0.15, 0.2) is 5.82 Å². The Labute approximate surface area is 159 Å². The Morgan fingerprint density at radius 3 is 2.85 bits per heavy atom. The molecule has 1 spiro atoms. The zero-order valence-electron chi connectivity index (χ0n) is 16.1. The first-order chi connectivity index (χ1) is 13.0. The van der Waals surface area contributed by atoms with Crippen molar-refractivity contribution in [2.45, 2.75) is 58.0 Å². The lowest BCUT2D eigenvalue weighted by Gasteiger charge is -2.39. The number of aromatic amines is 1. The number of piperidine rings is 1. The van der Waals surface area contributed by atoms with Gasteiger partial charge in [0.25, 0.3) is 0 Å². The SMILES string of the molecule is Cc1nc(CCC(=O)N2CCC3(CC2)CC(=O)N(C[C@H]2CCCO2)C3)n[nH]1. The van der Waals surface area contributed by atoms with Crippen molar-refractivity contribution in [2.24, 2.45) is 5.41 Å². The molecule has 0 unspecified atom stereocenters. The molecule has 0 saturated carbocycles. The molecule has 2 amide bonds. The minimum Gasteiger partial charge on any atom is -0.376 e. The molecule has 0 radical (unpaired) electrons. The minimum absolute atomic E-state index is 0.0489. The fourth-order valence-corrected chi connectivity index (χ4v) is 4.63. The minimum atomic E-state index is 0.0489. The molecule has 4 heterocycles. The van der Waals surface area contributed by atoms with Crippen LogP contribution in [-0.2, 0) is 20.7 Å². The summed E-state index contributed by atoms with van der Waals surface area (Å²) in [4.78, 5) is 33.2. The number of ether oxygens (including phenoxy) is 1. The van der Waals surface area contributed by atoms with Gasteiger partial charge in [-0.25, -0.2) is 4.98 Å². The third-order valence-electron chi connectivity index (χ3n) is 6.24. The molecule has 1 atom stereocenters. The summed E-state index contributed by atoms with van der Waals surface area (Å²) in [7, 11) is 0. The van der Waals surface area contributed by atoms with Gasteiger partial charge in [0.05, 0.1) is 6.10 Å². The number of aromatic nitrogens is 3. The number of likely N-dealkylation sites (tertiary alicyclic amines) is 2. The third-order valence-corrected chi connectivity index (χ3v) is 6.24. The maximum Gasteiger partial charge on any atom is 0.223 e. The lowest BCUT2D eigenvalue weighted by atomic mass is 9.77. The van der Waals surface area contributed by atoms with Crippen LogP contribution >= 0.6 is 0 Å². The Morgan fingerprint density at radius 1 is 1.37 bits per heavy atom. The van der Waals surface area contributed by atoms with Crippen LogP contribution in [0.1, 0.15) is 50.2 Å². The number of nitrogens with zero attached hydrogens (tertiary/aromatic N) is 4. The Bertz CT molecular complexity index is 689. The predicted molar refractivity (Wildman–Crippen MR) is 97.9 cm³/mol. The molecule has 3 saturated heterocycles. The van der Waals surface area contributed by atoms with Crippen LogP contribution in [0.15, 0.2) is 0 Å². The number of carbonyl (C=O) groups is 2. The first-order valence-corrected chi connectivity index (χ1v) is 10.1. The lowest BCUT2D eigenvalue weighted by Crippen LogP contribution is -2.44. The maximum absolute atomic E-state index is 12.5.